The first kappa shape index (κ1) is 38.8. The molecule has 0 bridgehead atoms. The van der Waals surface area contributed by atoms with Gasteiger partial charge in [0.15, 0.2) is 0 Å². The second-order valence-corrected chi connectivity index (χ2v) is 12.5. The molecular formula is C35H72O4. The number of hydrogen-bond donors (Lipinski definition) is 3. The summed E-state index contributed by atoms with van der Waals surface area (Å²) < 4.78 is 6.75. The van der Waals surface area contributed by atoms with Gasteiger partial charge in [-0.25, -0.2) is 0 Å². The van der Waals surface area contributed by atoms with Crippen molar-refractivity contribution in [2.45, 2.75) is 193 Å². The topological polar surface area (TPSA) is 69.9 Å². The molecule has 0 spiro atoms. The predicted molar refractivity (Wildman–Crippen MR) is 169 cm³/mol. The van der Waals surface area contributed by atoms with Gasteiger partial charge in [0.1, 0.15) is 0 Å². The lowest BCUT2D eigenvalue weighted by Gasteiger charge is -2.48. The highest BCUT2D eigenvalue weighted by Crippen LogP contribution is 2.43. The summed E-state index contributed by atoms with van der Waals surface area (Å²) in [6.07, 6.45) is 31.6. The second-order valence-electron chi connectivity index (χ2n) is 12.5. The summed E-state index contributed by atoms with van der Waals surface area (Å²) in [5.41, 5.74) is -1.65. The van der Waals surface area contributed by atoms with Gasteiger partial charge < -0.3 is 20.1 Å². The molecule has 0 saturated carbocycles. The molecule has 0 radical (unpaired) electrons. The Bertz CT molecular complexity index is 449. The molecule has 4 heteroatoms. The van der Waals surface area contributed by atoms with E-state index in [0.29, 0.717) is 6.61 Å². The van der Waals surface area contributed by atoms with E-state index in [1.807, 2.05) is 0 Å². The molecule has 4 nitrogen and oxygen atoms in total. The van der Waals surface area contributed by atoms with Gasteiger partial charge in [0, 0.05) is 6.61 Å². The van der Waals surface area contributed by atoms with E-state index in [-0.39, 0.29) is 19.8 Å². The highest BCUT2D eigenvalue weighted by atomic mass is 16.5. The van der Waals surface area contributed by atoms with Crippen molar-refractivity contribution in [1.29, 1.82) is 0 Å². The Hall–Kier alpha value is -0.160. The minimum Gasteiger partial charge on any atom is -0.395 e. The first-order valence-corrected chi connectivity index (χ1v) is 17.6. The van der Waals surface area contributed by atoms with Gasteiger partial charge in [-0.3, -0.25) is 0 Å². The van der Waals surface area contributed by atoms with E-state index in [2.05, 4.69) is 20.8 Å². The van der Waals surface area contributed by atoms with Crippen molar-refractivity contribution in [3.05, 3.63) is 0 Å². The lowest BCUT2D eigenvalue weighted by atomic mass is 9.67. The van der Waals surface area contributed by atoms with Crippen LogP contribution in [0.4, 0.5) is 0 Å². The Balaban J connectivity index is 5.08. The number of ether oxygens (including phenoxy) is 1. The third kappa shape index (κ3) is 18.1. The van der Waals surface area contributed by atoms with E-state index in [9.17, 15) is 15.3 Å². The standard InChI is InChI=1S/C35H72O4/c1-4-7-10-13-16-19-22-25-28-35(34(31-36,32-37)33-38,29-26-23-20-17-14-11-8-5-2)39-30-27-24-21-18-15-12-9-6-3/h36-38H,4-33H2,1-3H3. The number of unbranched alkanes of at least 4 members (excludes halogenated alkanes) is 21. The van der Waals surface area contributed by atoms with E-state index in [1.54, 1.807) is 0 Å². The van der Waals surface area contributed by atoms with Gasteiger partial charge in [-0.15, -0.1) is 0 Å². The van der Waals surface area contributed by atoms with Gasteiger partial charge in [0.05, 0.1) is 30.8 Å². The van der Waals surface area contributed by atoms with Crippen molar-refractivity contribution < 1.29 is 20.1 Å². The third-order valence-corrected chi connectivity index (χ3v) is 9.12. The van der Waals surface area contributed by atoms with Crippen LogP contribution in [-0.4, -0.2) is 47.3 Å². The van der Waals surface area contributed by atoms with Crippen molar-refractivity contribution >= 4 is 0 Å². The maximum atomic E-state index is 10.5. The highest BCUT2D eigenvalue weighted by molar-refractivity contribution is 5.00. The molecule has 0 aliphatic heterocycles. The molecule has 0 aromatic heterocycles. The summed E-state index contributed by atoms with van der Waals surface area (Å²) in [6.45, 7) is 6.74. The minimum atomic E-state index is -0.991. The molecule has 0 aliphatic carbocycles. The molecule has 0 aromatic carbocycles. The average molecular weight is 557 g/mol. The number of aliphatic hydroxyl groups excluding tert-OH is 3. The molecule has 0 heterocycles. The van der Waals surface area contributed by atoms with E-state index in [1.165, 1.54) is 122 Å². The van der Waals surface area contributed by atoms with Crippen LogP contribution >= 0.6 is 0 Å². The smallest absolute Gasteiger partial charge is 0.0804 e. The van der Waals surface area contributed by atoms with Crippen molar-refractivity contribution in [2.24, 2.45) is 5.41 Å². The summed E-state index contributed by atoms with van der Waals surface area (Å²) in [5, 5.41) is 31.5. The quantitative estimate of drug-likeness (QED) is 0.0721. The lowest BCUT2D eigenvalue weighted by molar-refractivity contribution is -0.194. The Kier molecular flexibility index (Phi) is 27.9. The molecule has 0 atom stereocenters. The average Bonchev–Trinajstić information content (AvgIpc) is 2.96. The Labute approximate surface area is 245 Å². The van der Waals surface area contributed by atoms with Crippen LogP contribution in [0, 0.1) is 5.41 Å². The SMILES string of the molecule is CCCCCCCCCCOC(CCCCCCCCCC)(CCCCCCCCCC)C(CO)(CO)CO. The molecule has 39 heavy (non-hydrogen) atoms. The first-order chi connectivity index (χ1) is 19.1. The summed E-state index contributed by atoms with van der Waals surface area (Å²) in [6, 6.07) is 0. The first-order valence-electron chi connectivity index (χ1n) is 17.6. The molecule has 0 fully saturated rings. The van der Waals surface area contributed by atoms with Crippen LogP contribution in [0.15, 0.2) is 0 Å². The lowest BCUT2D eigenvalue weighted by Crippen LogP contribution is -2.57. The normalized spacial score (nSPS) is 12.5. The highest BCUT2D eigenvalue weighted by Gasteiger charge is 2.50. The van der Waals surface area contributed by atoms with Gasteiger partial charge in [0.2, 0.25) is 0 Å². The van der Waals surface area contributed by atoms with Gasteiger partial charge in [0.25, 0.3) is 0 Å². The molecule has 3 N–H and O–H groups in total. The molecule has 0 unspecified atom stereocenters. The van der Waals surface area contributed by atoms with E-state index in [0.717, 1.165) is 44.9 Å². The van der Waals surface area contributed by atoms with Crippen LogP contribution in [-0.2, 0) is 4.74 Å². The summed E-state index contributed by atoms with van der Waals surface area (Å²) in [7, 11) is 0. The molecule has 0 rings (SSSR count). The molecule has 0 aromatic rings. The summed E-state index contributed by atoms with van der Waals surface area (Å²) >= 11 is 0. The maximum absolute atomic E-state index is 10.5. The largest absolute Gasteiger partial charge is 0.395 e. The summed E-state index contributed by atoms with van der Waals surface area (Å²) in [4.78, 5) is 0. The second kappa shape index (κ2) is 28.0. The van der Waals surface area contributed by atoms with Gasteiger partial charge in [-0.1, -0.05) is 168 Å². The number of aliphatic hydroxyl groups is 3. The summed E-state index contributed by atoms with van der Waals surface area (Å²) in [5.74, 6) is 0. The Morgan fingerprint density at radius 1 is 0.385 bits per heavy atom. The predicted octanol–water partition coefficient (Wildman–Crippen LogP) is 9.91. The zero-order valence-electron chi connectivity index (χ0n) is 27.0. The van der Waals surface area contributed by atoms with E-state index >= 15 is 0 Å². The molecule has 0 saturated heterocycles. The van der Waals surface area contributed by atoms with Crippen molar-refractivity contribution in [3.8, 4) is 0 Å². The van der Waals surface area contributed by atoms with Crippen LogP contribution in [0.5, 0.6) is 0 Å². The monoisotopic (exact) mass is 557 g/mol. The fourth-order valence-corrected chi connectivity index (χ4v) is 6.13. The molecule has 0 aliphatic rings. The molecule has 236 valence electrons. The van der Waals surface area contributed by atoms with E-state index < -0.39 is 11.0 Å². The van der Waals surface area contributed by atoms with Gasteiger partial charge >= 0.3 is 0 Å². The molecular weight excluding hydrogens is 484 g/mol. The fraction of sp³-hybridized carbons (Fsp3) is 1.00. The number of rotatable bonds is 32. The van der Waals surface area contributed by atoms with Crippen molar-refractivity contribution in [3.63, 3.8) is 0 Å². The van der Waals surface area contributed by atoms with Crippen LogP contribution in [0.25, 0.3) is 0 Å². The number of hydrogen-bond acceptors (Lipinski definition) is 4. The van der Waals surface area contributed by atoms with E-state index in [4.69, 9.17) is 4.74 Å². The Morgan fingerprint density at radius 3 is 0.974 bits per heavy atom. The minimum absolute atomic E-state index is 0.231. The Morgan fingerprint density at radius 2 is 0.667 bits per heavy atom. The molecule has 0 amide bonds. The van der Waals surface area contributed by atoms with Crippen LogP contribution in [0.1, 0.15) is 188 Å². The fourth-order valence-electron chi connectivity index (χ4n) is 6.13. The van der Waals surface area contributed by atoms with Gasteiger partial charge in [-0.2, -0.15) is 0 Å². The van der Waals surface area contributed by atoms with Crippen LogP contribution in [0.2, 0.25) is 0 Å². The van der Waals surface area contributed by atoms with Gasteiger partial charge in [-0.05, 0) is 19.3 Å². The maximum Gasteiger partial charge on any atom is 0.0804 e. The van der Waals surface area contributed by atoms with Crippen LogP contribution in [0.3, 0.4) is 0 Å². The zero-order chi connectivity index (χ0) is 28.9. The van der Waals surface area contributed by atoms with Crippen LogP contribution < -0.4 is 0 Å². The third-order valence-electron chi connectivity index (χ3n) is 9.12. The zero-order valence-corrected chi connectivity index (χ0v) is 27.0. The van der Waals surface area contributed by atoms with Crippen molar-refractivity contribution in [2.75, 3.05) is 26.4 Å². The van der Waals surface area contributed by atoms with Crippen molar-refractivity contribution in [1.82, 2.24) is 0 Å².